The molecular weight excluding hydrogens is 343 g/mol. The van der Waals surface area contributed by atoms with Crippen LogP contribution in [0.15, 0.2) is 54.1 Å². The van der Waals surface area contributed by atoms with Crippen molar-refractivity contribution in [1.29, 1.82) is 0 Å². The van der Waals surface area contributed by atoms with Crippen molar-refractivity contribution in [3.8, 4) is 5.75 Å². The monoisotopic (exact) mass is 366 g/mol. The molecule has 140 valence electrons. The zero-order valence-electron chi connectivity index (χ0n) is 15.1. The molecule has 0 unspecified atom stereocenters. The van der Waals surface area contributed by atoms with Crippen LogP contribution in [0, 0.1) is 5.82 Å². The molecule has 1 aliphatic carbocycles. The average molecular weight is 366 g/mol. The summed E-state index contributed by atoms with van der Waals surface area (Å²) in [5.74, 6) is -1.26. The van der Waals surface area contributed by atoms with Crippen LogP contribution in [0.1, 0.15) is 55.2 Å². The van der Waals surface area contributed by atoms with Gasteiger partial charge in [0.05, 0.1) is 0 Å². The van der Waals surface area contributed by atoms with Crippen LogP contribution in [-0.4, -0.2) is 16.2 Å². The zero-order chi connectivity index (χ0) is 19.2. The van der Waals surface area contributed by atoms with Gasteiger partial charge in [0, 0.05) is 11.6 Å². The second kappa shape index (κ2) is 8.67. The molecule has 1 fully saturated rings. The first-order valence-corrected chi connectivity index (χ1v) is 9.27. The summed E-state index contributed by atoms with van der Waals surface area (Å²) in [6, 6.07) is 11.7. The summed E-state index contributed by atoms with van der Waals surface area (Å²) in [7, 11) is 0. The highest BCUT2D eigenvalue weighted by atomic mass is 19.1. The van der Waals surface area contributed by atoms with Gasteiger partial charge in [0.15, 0.2) is 0 Å². The van der Waals surface area contributed by atoms with Gasteiger partial charge in [-0.15, -0.1) is 0 Å². The van der Waals surface area contributed by atoms with E-state index in [1.165, 1.54) is 30.6 Å². The Labute approximate surface area is 158 Å². The first-order chi connectivity index (χ1) is 13.0. The first-order valence-electron chi connectivity index (χ1n) is 9.27. The molecule has 27 heavy (non-hydrogen) atoms. The molecule has 0 saturated heterocycles. The molecular formula is C23H23FO3. The highest BCUT2D eigenvalue weighted by Gasteiger charge is 2.17. The van der Waals surface area contributed by atoms with Crippen molar-refractivity contribution >= 4 is 17.6 Å². The van der Waals surface area contributed by atoms with Crippen LogP contribution in [0.5, 0.6) is 5.75 Å². The van der Waals surface area contributed by atoms with Crippen molar-refractivity contribution in [3.05, 3.63) is 76.6 Å². The van der Waals surface area contributed by atoms with Crippen LogP contribution in [-0.2, 0) is 4.79 Å². The summed E-state index contributed by atoms with van der Waals surface area (Å²) >= 11 is 0. The van der Waals surface area contributed by atoms with Gasteiger partial charge in [-0.05, 0) is 66.7 Å². The molecule has 0 radical (unpaired) electrons. The Balaban J connectivity index is 2.09. The van der Waals surface area contributed by atoms with Gasteiger partial charge in [-0.3, -0.25) is 0 Å². The Morgan fingerprint density at radius 3 is 2.22 bits per heavy atom. The number of rotatable bonds is 4. The number of aliphatic carboxylic acids is 1. The van der Waals surface area contributed by atoms with Crippen molar-refractivity contribution < 1.29 is 19.4 Å². The second-order valence-electron chi connectivity index (χ2n) is 6.85. The molecule has 1 aliphatic rings. The minimum absolute atomic E-state index is 0.179. The summed E-state index contributed by atoms with van der Waals surface area (Å²) in [5.41, 5.74) is 4.05. The van der Waals surface area contributed by atoms with E-state index in [1.54, 1.807) is 24.3 Å². The number of hydrogen-bond acceptors (Lipinski definition) is 2. The average Bonchev–Trinajstić information content (AvgIpc) is 2.92. The molecule has 0 bridgehead atoms. The molecule has 2 aromatic carbocycles. The molecule has 2 aromatic rings. The zero-order valence-corrected chi connectivity index (χ0v) is 15.1. The van der Waals surface area contributed by atoms with E-state index in [1.807, 2.05) is 12.1 Å². The maximum absolute atomic E-state index is 15.0. The lowest BCUT2D eigenvalue weighted by Gasteiger charge is -2.16. The first kappa shape index (κ1) is 18.9. The van der Waals surface area contributed by atoms with E-state index in [0.29, 0.717) is 11.1 Å². The molecule has 0 aliphatic heterocycles. The van der Waals surface area contributed by atoms with Crippen molar-refractivity contribution in [3.63, 3.8) is 0 Å². The molecule has 3 rings (SSSR count). The van der Waals surface area contributed by atoms with E-state index in [4.69, 9.17) is 5.11 Å². The van der Waals surface area contributed by atoms with E-state index < -0.39 is 5.97 Å². The lowest BCUT2D eigenvalue weighted by molar-refractivity contribution is -0.131. The fraction of sp³-hybridized carbons (Fsp3) is 0.261. The third-order valence-corrected chi connectivity index (χ3v) is 4.90. The molecule has 2 N–H and O–H groups in total. The molecule has 0 atom stereocenters. The Hall–Kier alpha value is -2.88. The Bertz CT molecular complexity index is 869. The minimum Gasteiger partial charge on any atom is -0.508 e. The Morgan fingerprint density at radius 2 is 1.63 bits per heavy atom. The standard InChI is InChI=1S/C23H23FO3/c24-21-15-16(8-14-22(26)27)7-13-20(21)23(17-5-3-1-2-4-6-17)18-9-11-19(25)12-10-18/h7-15,25H,1-6H2,(H,26,27). The lowest BCUT2D eigenvalue weighted by atomic mass is 9.89. The van der Waals surface area contributed by atoms with Crippen LogP contribution >= 0.6 is 0 Å². The topological polar surface area (TPSA) is 57.5 Å². The summed E-state index contributed by atoms with van der Waals surface area (Å²) in [5, 5.41) is 18.4. The Morgan fingerprint density at radius 1 is 0.963 bits per heavy atom. The van der Waals surface area contributed by atoms with E-state index in [2.05, 4.69) is 0 Å². The molecule has 4 heteroatoms. The molecule has 0 aromatic heterocycles. The predicted octanol–water partition coefficient (Wildman–Crippen LogP) is 5.79. The van der Waals surface area contributed by atoms with Crippen LogP contribution in [0.2, 0.25) is 0 Å². The van der Waals surface area contributed by atoms with Gasteiger partial charge in [0.2, 0.25) is 0 Å². The lowest BCUT2D eigenvalue weighted by Crippen LogP contribution is -1.98. The summed E-state index contributed by atoms with van der Waals surface area (Å²) in [4.78, 5) is 10.7. The third kappa shape index (κ3) is 4.85. The number of phenols is 1. The predicted molar refractivity (Wildman–Crippen MR) is 105 cm³/mol. The van der Waals surface area contributed by atoms with Crippen LogP contribution in [0.25, 0.3) is 11.6 Å². The quantitative estimate of drug-likeness (QED) is 0.532. The normalized spacial score (nSPS) is 14.9. The highest BCUT2D eigenvalue weighted by Crippen LogP contribution is 2.36. The van der Waals surface area contributed by atoms with E-state index in [9.17, 15) is 14.3 Å². The van der Waals surface area contributed by atoms with E-state index in [0.717, 1.165) is 42.9 Å². The maximum Gasteiger partial charge on any atom is 0.328 e. The smallest absolute Gasteiger partial charge is 0.328 e. The fourth-order valence-corrected chi connectivity index (χ4v) is 3.59. The number of allylic oxidation sites excluding steroid dienone is 1. The summed E-state index contributed by atoms with van der Waals surface area (Å²) in [6.45, 7) is 0. The largest absolute Gasteiger partial charge is 0.508 e. The van der Waals surface area contributed by atoms with Gasteiger partial charge >= 0.3 is 5.97 Å². The number of benzene rings is 2. The van der Waals surface area contributed by atoms with Gasteiger partial charge in [0.1, 0.15) is 11.6 Å². The molecule has 1 saturated carbocycles. The number of hydrogen-bond donors (Lipinski definition) is 2. The number of halogens is 1. The van der Waals surface area contributed by atoms with Crippen LogP contribution in [0.3, 0.4) is 0 Å². The van der Waals surface area contributed by atoms with Gasteiger partial charge in [0.25, 0.3) is 0 Å². The molecule has 0 spiro atoms. The van der Waals surface area contributed by atoms with Crippen molar-refractivity contribution in [2.24, 2.45) is 0 Å². The third-order valence-electron chi connectivity index (χ3n) is 4.90. The SMILES string of the molecule is O=C(O)C=Cc1ccc(C(=C2CCCCCC2)c2ccc(O)cc2)c(F)c1. The van der Waals surface area contributed by atoms with Crippen molar-refractivity contribution in [1.82, 2.24) is 0 Å². The summed E-state index contributed by atoms with van der Waals surface area (Å²) < 4.78 is 15.0. The number of carbonyl (C=O) groups is 1. The number of aromatic hydroxyl groups is 1. The fourth-order valence-electron chi connectivity index (χ4n) is 3.59. The molecule has 0 heterocycles. The van der Waals surface area contributed by atoms with E-state index in [-0.39, 0.29) is 11.6 Å². The van der Waals surface area contributed by atoms with Crippen molar-refractivity contribution in [2.75, 3.05) is 0 Å². The van der Waals surface area contributed by atoms with Gasteiger partial charge < -0.3 is 10.2 Å². The highest BCUT2D eigenvalue weighted by molar-refractivity contribution is 5.86. The minimum atomic E-state index is -1.06. The number of phenolic OH excluding ortho intramolecular Hbond substituents is 1. The summed E-state index contributed by atoms with van der Waals surface area (Å²) in [6.07, 6.45) is 8.83. The van der Waals surface area contributed by atoms with Crippen molar-refractivity contribution in [2.45, 2.75) is 38.5 Å². The number of carboxylic acids is 1. The van der Waals surface area contributed by atoms with Crippen LogP contribution < -0.4 is 0 Å². The molecule has 3 nitrogen and oxygen atoms in total. The van der Waals surface area contributed by atoms with Gasteiger partial charge in [-0.2, -0.15) is 0 Å². The maximum atomic E-state index is 15.0. The van der Waals surface area contributed by atoms with E-state index >= 15 is 0 Å². The van der Waals surface area contributed by atoms with Crippen LogP contribution in [0.4, 0.5) is 4.39 Å². The Kier molecular flexibility index (Phi) is 6.07. The van der Waals surface area contributed by atoms with Gasteiger partial charge in [-0.25, -0.2) is 9.18 Å². The number of carboxylic acid groups (broad SMARTS) is 1. The molecule has 0 amide bonds. The van der Waals surface area contributed by atoms with Gasteiger partial charge in [-0.1, -0.05) is 42.7 Å². The second-order valence-corrected chi connectivity index (χ2v) is 6.85.